The van der Waals surface area contributed by atoms with Crippen LogP contribution in [0.2, 0.25) is 0 Å². The first-order valence-electron chi connectivity index (χ1n) is 7.03. The van der Waals surface area contributed by atoms with Crippen molar-refractivity contribution < 1.29 is 22.8 Å². The normalized spacial score (nSPS) is 16.2. The number of rotatable bonds is 5. The van der Waals surface area contributed by atoms with E-state index in [2.05, 4.69) is 5.32 Å². The van der Waals surface area contributed by atoms with Crippen molar-refractivity contribution in [1.29, 1.82) is 0 Å². The van der Waals surface area contributed by atoms with Gasteiger partial charge >= 0.3 is 6.18 Å². The largest absolute Gasteiger partial charge is 0.416 e. The van der Waals surface area contributed by atoms with Crippen LogP contribution in [-0.4, -0.2) is 30.7 Å². The molecule has 7 heteroatoms. The van der Waals surface area contributed by atoms with Crippen molar-refractivity contribution in [2.24, 2.45) is 5.41 Å². The number of nitrogens with one attached hydrogen (secondary N) is 1. The molecule has 23 heavy (non-hydrogen) atoms. The Morgan fingerprint density at radius 3 is 2.17 bits per heavy atom. The lowest BCUT2D eigenvalue weighted by molar-refractivity contribution is -0.137. The van der Waals surface area contributed by atoms with Crippen LogP contribution in [0.15, 0.2) is 36.5 Å². The molecule has 1 N–H and O–H groups in total. The number of nitrogens with zero attached hydrogens (tertiary/aromatic N) is 1. The van der Waals surface area contributed by atoms with Crippen LogP contribution < -0.4 is 5.32 Å². The van der Waals surface area contributed by atoms with Crippen LogP contribution in [0.3, 0.4) is 0 Å². The van der Waals surface area contributed by atoms with E-state index in [0.717, 1.165) is 12.1 Å². The van der Waals surface area contributed by atoms with Gasteiger partial charge in [-0.1, -0.05) is 0 Å². The Morgan fingerprint density at radius 2 is 1.74 bits per heavy atom. The molecule has 0 atom stereocenters. The minimum atomic E-state index is -4.42. The molecule has 0 radical (unpaired) electrons. The van der Waals surface area contributed by atoms with Gasteiger partial charge < -0.3 is 10.2 Å². The lowest BCUT2D eigenvalue weighted by atomic mass is 9.99. The second kappa shape index (κ2) is 6.06. The van der Waals surface area contributed by atoms with Gasteiger partial charge in [0.15, 0.2) is 5.78 Å². The quantitative estimate of drug-likeness (QED) is 0.668. The molecule has 1 aromatic rings. The molecule has 0 bridgehead atoms. The van der Waals surface area contributed by atoms with Gasteiger partial charge in [0, 0.05) is 26.0 Å². The Morgan fingerprint density at radius 1 is 1.17 bits per heavy atom. The van der Waals surface area contributed by atoms with Crippen LogP contribution in [0.5, 0.6) is 0 Å². The van der Waals surface area contributed by atoms with Gasteiger partial charge in [0.25, 0.3) is 0 Å². The van der Waals surface area contributed by atoms with Gasteiger partial charge in [0.2, 0.25) is 5.91 Å². The smallest absolute Gasteiger partial charge is 0.383 e. The molecule has 1 aliphatic carbocycles. The number of allylic oxidation sites excluding steroid dienone is 1. The van der Waals surface area contributed by atoms with Gasteiger partial charge in [-0.05, 0) is 43.2 Å². The molecular formula is C16H17F3N2O2. The number of ketones is 1. The van der Waals surface area contributed by atoms with Crippen molar-refractivity contribution in [2.45, 2.75) is 19.0 Å². The molecule has 0 unspecified atom stereocenters. The number of hydrogen-bond donors (Lipinski definition) is 1. The summed E-state index contributed by atoms with van der Waals surface area (Å²) in [7, 11) is 3.51. The first-order valence-corrected chi connectivity index (χ1v) is 7.03. The highest BCUT2D eigenvalue weighted by Gasteiger charge is 2.55. The van der Waals surface area contributed by atoms with Gasteiger partial charge in [0.05, 0.1) is 5.56 Å². The summed E-state index contributed by atoms with van der Waals surface area (Å²) in [4.78, 5) is 26.1. The molecule has 1 fully saturated rings. The first-order chi connectivity index (χ1) is 10.6. The van der Waals surface area contributed by atoms with Gasteiger partial charge in [-0.25, -0.2) is 0 Å². The zero-order valence-corrected chi connectivity index (χ0v) is 12.8. The van der Waals surface area contributed by atoms with Crippen molar-refractivity contribution in [2.75, 3.05) is 19.4 Å². The summed E-state index contributed by atoms with van der Waals surface area (Å²) < 4.78 is 37.5. The van der Waals surface area contributed by atoms with E-state index in [1.54, 1.807) is 25.2 Å². The second-order valence-electron chi connectivity index (χ2n) is 5.75. The standard InChI is InChI=1S/C16H17F3N2O2/c1-21(2)10-7-13(22)15(8-9-15)14(23)20-12-5-3-11(4-6-12)16(17,18)19/h3-7,10H,8-9H2,1-2H3,(H,20,23)/b10-7+. The van der Waals surface area contributed by atoms with E-state index >= 15 is 0 Å². The second-order valence-corrected chi connectivity index (χ2v) is 5.75. The van der Waals surface area contributed by atoms with Crippen LogP contribution in [-0.2, 0) is 15.8 Å². The Hall–Kier alpha value is -2.31. The monoisotopic (exact) mass is 326 g/mol. The summed E-state index contributed by atoms with van der Waals surface area (Å²) in [6.45, 7) is 0. The number of alkyl halides is 3. The zero-order valence-electron chi connectivity index (χ0n) is 12.8. The highest BCUT2D eigenvalue weighted by atomic mass is 19.4. The topological polar surface area (TPSA) is 49.4 Å². The van der Waals surface area contributed by atoms with Crippen molar-refractivity contribution in [1.82, 2.24) is 4.90 Å². The van der Waals surface area contributed by atoms with Crippen molar-refractivity contribution in [3.8, 4) is 0 Å². The Labute approximate surface area is 132 Å². The maximum absolute atomic E-state index is 12.5. The third-order valence-electron chi connectivity index (χ3n) is 3.65. The van der Waals surface area contributed by atoms with E-state index in [4.69, 9.17) is 0 Å². The SMILES string of the molecule is CN(C)/C=C/C(=O)C1(C(=O)Nc2ccc(C(F)(F)F)cc2)CC1. The molecule has 0 spiro atoms. The zero-order chi connectivity index (χ0) is 17.3. The summed E-state index contributed by atoms with van der Waals surface area (Å²) in [5.41, 5.74) is -1.64. The highest BCUT2D eigenvalue weighted by molar-refractivity contribution is 6.17. The summed E-state index contributed by atoms with van der Waals surface area (Å²) >= 11 is 0. The Kier molecular flexibility index (Phi) is 4.49. The molecule has 4 nitrogen and oxygen atoms in total. The molecule has 1 aliphatic rings. The molecule has 124 valence electrons. The number of benzene rings is 1. The van der Waals surface area contributed by atoms with E-state index in [9.17, 15) is 22.8 Å². The van der Waals surface area contributed by atoms with Crippen LogP contribution in [0.4, 0.5) is 18.9 Å². The van der Waals surface area contributed by atoms with Crippen molar-refractivity contribution in [3.63, 3.8) is 0 Å². The fourth-order valence-electron chi connectivity index (χ4n) is 2.08. The van der Waals surface area contributed by atoms with Crippen LogP contribution in [0.25, 0.3) is 0 Å². The van der Waals surface area contributed by atoms with E-state index in [1.165, 1.54) is 18.2 Å². The van der Waals surface area contributed by atoms with Crippen molar-refractivity contribution >= 4 is 17.4 Å². The minimum Gasteiger partial charge on any atom is -0.383 e. The predicted octanol–water partition coefficient (Wildman–Crippen LogP) is 3.07. The molecule has 1 amide bonds. The molecule has 0 saturated heterocycles. The fourth-order valence-corrected chi connectivity index (χ4v) is 2.08. The first kappa shape index (κ1) is 17.1. The average Bonchev–Trinajstić information content (AvgIpc) is 3.26. The van der Waals surface area contributed by atoms with E-state index in [-0.39, 0.29) is 11.5 Å². The van der Waals surface area contributed by atoms with Crippen LogP contribution in [0.1, 0.15) is 18.4 Å². The van der Waals surface area contributed by atoms with Gasteiger partial charge in [-0.3, -0.25) is 9.59 Å². The number of halogens is 3. The summed E-state index contributed by atoms with van der Waals surface area (Å²) in [6.07, 6.45) is -0.632. The number of carbonyl (C=O) groups excluding carboxylic acids is 2. The molecule has 0 aliphatic heterocycles. The van der Waals surface area contributed by atoms with E-state index < -0.39 is 23.1 Å². The number of carbonyl (C=O) groups is 2. The Balaban J connectivity index is 2.06. The van der Waals surface area contributed by atoms with Crippen molar-refractivity contribution in [3.05, 3.63) is 42.1 Å². The molecule has 0 heterocycles. The van der Waals surface area contributed by atoms with Crippen LogP contribution >= 0.6 is 0 Å². The third-order valence-corrected chi connectivity index (χ3v) is 3.65. The third kappa shape index (κ3) is 3.91. The van der Waals surface area contributed by atoms with Gasteiger partial charge in [0.1, 0.15) is 5.41 Å². The molecule has 0 aromatic heterocycles. The number of amides is 1. The van der Waals surface area contributed by atoms with Gasteiger partial charge in [-0.15, -0.1) is 0 Å². The van der Waals surface area contributed by atoms with E-state index in [0.29, 0.717) is 12.8 Å². The summed E-state index contributed by atoms with van der Waals surface area (Å²) in [5, 5.41) is 2.52. The fraction of sp³-hybridized carbons (Fsp3) is 0.375. The average molecular weight is 326 g/mol. The summed E-state index contributed by atoms with van der Waals surface area (Å²) in [6, 6.07) is 4.14. The molecule has 1 saturated carbocycles. The molecule has 2 rings (SSSR count). The summed E-state index contributed by atoms with van der Waals surface area (Å²) in [5.74, 6) is -0.777. The number of hydrogen-bond acceptors (Lipinski definition) is 3. The lowest BCUT2D eigenvalue weighted by Crippen LogP contribution is -2.30. The predicted molar refractivity (Wildman–Crippen MR) is 79.6 cm³/mol. The number of anilines is 1. The Bertz CT molecular complexity index is 630. The lowest BCUT2D eigenvalue weighted by Gasteiger charge is -2.14. The van der Waals surface area contributed by atoms with Gasteiger partial charge in [-0.2, -0.15) is 13.2 Å². The molecule has 1 aromatic carbocycles. The van der Waals surface area contributed by atoms with E-state index in [1.807, 2.05) is 0 Å². The van der Waals surface area contributed by atoms with Crippen LogP contribution in [0, 0.1) is 5.41 Å². The maximum atomic E-state index is 12.5. The molecular weight excluding hydrogens is 309 g/mol. The maximum Gasteiger partial charge on any atom is 0.416 e. The highest BCUT2D eigenvalue weighted by Crippen LogP contribution is 2.47. The minimum absolute atomic E-state index is 0.235.